The summed E-state index contributed by atoms with van der Waals surface area (Å²) in [5.41, 5.74) is 1.05. The van der Waals surface area contributed by atoms with E-state index in [0.717, 1.165) is 12.1 Å². The molecule has 18 heavy (non-hydrogen) atoms. The highest BCUT2D eigenvalue weighted by Gasteiger charge is 2.08. The van der Waals surface area contributed by atoms with Gasteiger partial charge in [0.1, 0.15) is 0 Å². The predicted octanol–water partition coefficient (Wildman–Crippen LogP) is 3.42. The molecule has 5 heteroatoms. The fourth-order valence-corrected chi connectivity index (χ4v) is 2.06. The molecular formula is C13H19F2NOS. The van der Waals surface area contributed by atoms with Crippen LogP contribution >= 0.6 is 11.8 Å². The molecule has 0 saturated heterocycles. The molecule has 0 saturated carbocycles. The molecule has 102 valence electrons. The molecule has 0 spiro atoms. The van der Waals surface area contributed by atoms with E-state index >= 15 is 0 Å². The van der Waals surface area contributed by atoms with Crippen LogP contribution in [-0.4, -0.2) is 23.5 Å². The molecule has 2 unspecified atom stereocenters. The number of alkyl halides is 2. The van der Waals surface area contributed by atoms with Crippen LogP contribution in [0, 0.1) is 0 Å². The average molecular weight is 275 g/mol. The number of thioether (sulfide) groups is 1. The molecule has 1 rings (SSSR count). The van der Waals surface area contributed by atoms with Crippen molar-refractivity contribution in [2.24, 2.45) is 0 Å². The third kappa shape index (κ3) is 5.80. The van der Waals surface area contributed by atoms with Crippen molar-refractivity contribution in [2.45, 2.75) is 43.1 Å². The van der Waals surface area contributed by atoms with E-state index in [2.05, 4.69) is 5.32 Å². The lowest BCUT2D eigenvalue weighted by atomic mass is 10.1. The summed E-state index contributed by atoms with van der Waals surface area (Å²) in [5.74, 6) is -2.38. The van der Waals surface area contributed by atoms with Crippen LogP contribution < -0.4 is 5.32 Å². The minimum Gasteiger partial charge on any atom is -0.393 e. The van der Waals surface area contributed by atoms with Gasteiger partial charge in [-0.3, -0.25) is 0 Å². The summed E-state index contributed by atoms with van der Waals surface area (Å²) in [7, 11) is 0. The van der Waals surface area contributed by atoms with Gasteiger partial charge in [0.2, 0.25) is 0 Å². The molecule has 0 aromatic heterocycles. The monoisotopic (exact) mass is 275 g/mol. The van der Waals surface area contributed by atoms with Gasteiger partial charge in [-0.25, -0.2) is 0 Å². The molecule has 0 heterocycles. The molecular weight excluding hydrogens is 256 g/mol. The van der Waals surface area contributed by atoms with Gasteiger partial charge in [-0.2, -0.15) is 8.78 Å². The lowest BCUT2D eigenvalue weighted by Crippen LogP contribution is -2.22. The SMILES string of the molecule is CC(O)CCNC(C)c1ccc(SC(F)F)cc1. The van der Waals surface area contributed by atoms with E-state index in [4.69, 9.17) is 5.11 Å². The average Bonchev–Trinajstić information content (AvgIpc) is 2.28. The smallest absolute Gasteiger partial charge is 0.288 e. The van der Waals surface area contributed by atoms with Crippen LogP contribution in [0.5, 0.6) is 0 Å². The molecule has 1 aromatic carbocycles. The first-order chi connectivity index (χ1) is 8.49. The maximum absolute atomic E-state index is 12.1. The Morgan fingerprint density at radius 2 is 1.83 bits per heavy atom. The van der Waals surface area contributed by atoms with Crippen molar-refractivity contribution in [1.29, 1.82) is 0 Å². The van der Waals surface area contributed by atoms with Crippen LogP contribution in [0.2, 0.25) is 0 Å². The molecule has 2 nitrogen and oxygen atoms in total. The van der Waals surface area contributed by atoms with E-state index in [-0.39, 0.29) is 12.1 Å². The Labute approximate surface area is 111 Å². The number of aliphatic hydroxyl groups excluding tert-OH is 1. The van der Waals surface area contributed by atoms with Gasteiger partial charge in [-0.15, -0.1) is 0 Å². The van der Waals surface area contributed by atoms with E-state index in [0.29, 0.717) is 23.1 Å². The lowest BCUT2D eigenvalue weighted by Gasteiger charge is -2.15. The highest BCUT2D eigenvalue weighted by Crippen LogP contribution is 2.26. The summed E-state index contributed by atoms with van der Waals surface area (Å²) in [6.07, 6.45) is 0.387. The standard InChI is InChI=1S/C13H19F2NOS/c1-9(17)7-8-16-10(2)11-3-5-12(6-4-11)18-13(14)15/h3-6,9-10,13,16-17H,7-8H2,1-2H3. The summed E-state index contributed by atoms with van der Waals surface area (Å²) in [5, 5.41) is 12.4. The molecule has 0 fully saturated rings. The van der Waals surface area contributed by atoms with Crippen LogP contribution in [0.3, 0.4) is 0 Å². The lowest BCUT2D eigenvalue weighted by molar-refractivity contribution is 0.182. The fraction of sp³-hybridized carbons (Fsp3) is 0.538. The van der Waals surface area contributed by atoms with Gasteiger partial charge in [-0.1, -0.05) is 23.9 Å². The zero-order chi connectivity index (χ0) is 13.5. The summed E-state index contributed by atoms with van der Waals surface area (Å²) in [4.78, 5) is 0.574. The van der Waals surface area contributed by atoms with E-state index in [1.165, 1.54) is 0 Å². The number of rotatable bonds is 7. The van der Waals surface area contributed by atoms with Crippen molar-refractivity contribution in [1.82, 2.24) is 5.32 Å². The Morgan fingerprint density at radius 1 is 1.22 bits per heavy atom. The number of halogens is 2. The first kappa shape index (κ1) is 15.4. The molecule has 0 aliphatic carbocycles. The van der Waals surface area contributed by atoms with Crippen molar-refractivity contribution >= 4 is 11.8 Å². The quantitative estimate of drug-likeness (QED) is 0.748. The normalized spacial score (nSPS) is 14.8. The maximum Gasteiger partial charge on any atom is 0.288 e. The topological polar surface area (TPSA) is 32.3 Å². The maximum atomic E-state index is 12.1. The number of benzene rings is 1. The summed E-state index contributed by atoms with van der Waals surface area (Å²) < 4.78 is 24.3. The molecule has 0 aliphatic rings. The summed E-state index contributed by atoms with van der Waals surface area (Å²) >= 11 is 0.554. The Bertz CT molecular complexity index is 343. The Hall–Kier alpha value is -0.650. The van der Waals surface area contributed by atoms with Crippen LogP contribution in [0.4, 0.5) is 8.78 Å². The van der Waals surface area contributed by atoms with Crippen LogP contribution in [0.1, 0.15) is 31.9 Å². The van der Waals surface area contributed by atoms with E-state index in [1.807, 2.05) is 19.1 Å². The summed E-state index contributed by atoms with van der Waals surface area (Å²) in [6, 6.07) is 7.27. The van der Waals surface area contributed by atoms with Gasteiger partial charge in [0, 0.05) is 10.9 Å². The van der Waals surface area contributed by atoms with Gasteiger partial charge in [-0.05, 0) is 44.5 Å². The van der Waals surface area contributed by atoms with Crippen LogP contribution in [-0.2, 0) is 0 Å². The minimum absolute atomic E-state index is 0.148. The number of aliphatic hydroxyl groups is 1. The van der Waals surface area contributed by atoms with E-state index < -0.39 is 5.76 Å². The Kier molecular flexibility index (Phi) is 6.60. The highest BCUT2D eigenvalue weighted by atomic mass is 32.2. The fourth-order valence-electron chi connectivity index (χ4n) is 1.56. The van der Waals surface area contributed by atoms with Crippen molar-refractivity contribution in [3.63, 3.8) is 0 Å². The highest BCUT2D eigenvalue weighted by molar-refractivity contribution is 7.99. The number of hydrogen-bond acceptors (Lipinski definition) is 3. The van der Waals surface area contributed by atoms with Gasteiger partial charge < -0.3 is 10.4 Å². The second-order valence-electron chi connectivity index (χ2n) is 4.26. The number of hydrogen-bond donors (Lipinski definition) is 2. The molecule has 0 radical (unpaired) electrons. The third-order valence-electron chi connectivity index (χ3n) is 2.62. The first-order valence-corrected chi connectivity index (χ1v) is 6.83. The van der Waals surface area contributed by atoms with Crippen molar-refractivity contribution in [3.05, 3.63) is 29.8 Å². The van der Waals surface area contributed by atoms with Crippen molar-refractivity contribution in [2.75, 3.05) is 6.54 Å². The van der Waals surface area contributed by atoms with Crippen LogP contribution in [0.25, 0.3) is 0 Å². The summed E-state index contributed by atoms with van der Waals surface area (Å²) in [6.45, 7) is 4.49. The van der Waals surface area contributed by atoms with Gasteiger partial charge in [0.05, 0.1) is 6.10 Å². The second kappa shape index (κ2) is 7.71. The molecule has 0 aliphatic heterocycles. The molecule has 2 N–H and O–H groups in total. The van der Waals surface area contributed by atoms with Gasteiger partial charge in [0.25, 0.3) is 5.76 Å². The van der Waals surface area contributed by atoms with Gasteiger partial charge in [0.15, 0.2) is 0 Å². The van der Waals surface area contributed by atoms with E-state index in [1.54, 1.807) is 19.1 Å². The minimum atomic E-state index is -2.38. The molecule has 0 amide bonds. The zero-order valence-electron chi connectivity index (χ0n) is 10.6. The van der Waals surface area contributed by atoms with Crippen LogP contribution in [0.15, 0.2) is 29.2 Å². The van der Waals surface area contributed by atoms with Gasteiger partial charge >= 0.3 is 0 Å². The Morgan fingerprint density at radius 3 is 2.33 bits per heavy atom. The Balaban J connectivity index is 2.46. The van der Waals surface area contributed by atoms with Crippen molar-refractivity contribution in [3.8, 4) is 0 Å². The molecule has 1 aromatic rings. The third-order valence-corrected chi connectivity index (χ3v) is 3.34. The first-order valence-electron chi connectivity index (χ1n) is 5.95. The second-order valence-corrected chi connectivity index (χ2v) is 5.32. The van der Waals surface area contributed by atoms with E-state index in [9.17, 15) is 8.78 Å². The molecule has 0 bridgehead atoms. The number of nitrogens with one attached hydrogen (secondary N) is 1. The predicted molar refractivity (Wildman–Crippen MR) is 71.0 cm³/mol. The van der Waals surface area contributed by atoms with Crippen molar-refractivity contribution < 1.29 is 13.9 Å². The largest absolute Gasteiger partial charge is 0.393 e. The zero-order valence-corrected chi connectivity index (χ0v) is 11.4. The molecule has 2 atom stereocenters.